The van der Waals surface area contributed by atoms with Crippen LogP contribution in [0.5, 0.6) is 0 Å². The number of pyridine rings is 1. The largest absolute Gasteiger partial charge is 0.381 e. The summed E-state index contributed by atoms with van der Waals surface area (Å²) in [6.45, 7) is 3.07. The van der Waals surface area contributed by atoms with E-state index < -0.39 is 0 Å². The summed E-state index contributed by atoms with van der Waals surface area (Å²) in [5.74, 6) is 0.747. The predicted molar refractivity (Wildman–Crippen MR) is 90.6 cm³/mol. The summed E-state index contributed by atoms with van der Waals surface area (Å²) < 4.78 is 7.24. The zero-order valence-corrected chi connectivity index (χ0v) is 14.1. The van der Waals surface area contributed by atoms with E-state index in [0.29, 0.717) is 25.0 Å². The molecule has 0 aliphatic carbocycles. The number of rotatable bonds is 2. The van der Waals surface area contributed by atoms with Gasteiger partial charge < -0.3 is 9.64 Å². The van der Waals surface area contributed by atoms with Gasteiger partial charge in [0.15, 0.2) is 5.65 Å². The van der Waals surface area contributed by atoms with Crippen molar-refractivity contribution in [1.29, 1.82) is 0 Å². The number of hydrogen-bond acceptors (Lipinski definition) is 4. The lowest BCUT2D eigenvalue weighted by Crippen LogP contribution is -2.43. The Kier molecular flexibility index (Phi) is 4.22. The van der Waals surface area contributed by atoms with Crippen molar-refractivity contribution in [2.75, 3.05) is 26.3 Å². The fourth-order valence-corrected chi connectivity index (χ4v) is 4.02. The summed E-state index contributed by atoms with van der Waals surface area (Å²) in [7, 11) is 1.94. The quantitative estimate of drug-likeness (QED) is 0.847. The predicted octanol–water partition coefficient (Wildman–Crippen LogP) is 2.10. The molecule has 24 heavy (non-hydrogen) atoms. The third-order valence-corrected chi connectivity index (χ3v) is 5.32. The molecule has 0 saturated carbocycles. The van der Waals surface area contributed by atoms with E-state index in [1.165, 1.54) is 0 Å². The molecule has 0 aromatic carbocycles. The first-order valence-corrected chi connectivity index (χ1v) is 8.88. The van der Waals surface area contributed by atoms with Crippen molar-refractivity contribution < 1.29 is 9.53 Å². The Morgan fingerprint density at radius 1 is 1.29 bits per heavy atom. The zero-order valence-electron chi connectivity index (χ0n) is 14.1. The molecule has 2 aliphatic heterocycles. The monoisotopic (exact) mass is 328 g/mol. The van der Waals surface area contributed by atoms with Gasteiger partial charge in [-0.25, -0.2) is 4.98 Å². The molecule has 2 aromatic heterocycles. The molecule has 1 unspecified atom stereocenters. The van der Waals surface area contributed by atoms with Gasteiger partial charge in [-0.1, -0.05) is 0 Å². The van der Waals surface area contributed by atoms with Gasteiger partial charge >= 0.3 is 0 Å². The molecule has 2 saturated heterocycles. The Bertz CT molecular complexity index is 736. The lowest BCUT2D eigenvalue weighted by molar-refractivity contribution is -0.139. The second kappa shape index (κ2) is 6.51. The van der Waals surface area contributed by atoms with Gasteiger partial charge in [0.2, 0.25) is 5.91 Å². The molecule has 2 aliphatic rings. The van der Waals surface area contributed by atoms with Gasteiger partial charge in [0.25, 0.3) is 0 Å². The van der Waals surface area contributed by atoms with Crippen LogP contribution in [0, 0.1) is 5.92 Å². The molecule has 0 radical (unpaired) electrons. The highest BCUT2D eigenvalue weighted by molar-refractivity contribution is 5.80. The molecular weight excluding hydrogens is 304 g/mol. The van der Waals surface area contributed by atoms with E-state index in [1.54, 1.807) is 6.20 Å². The van der Waals surface area contributed by atoms with E-state index >= 15 is 0 Å². The van der Waals surface area contributed by atoms with Crippen molar-refractivity contribution in [2.45, 2.75) is 31.6 Å². The number of carbonyl (C=O) groups is 1. The standard InChI is InChI=1S/C18H24N4O2/c1-21-17-15(5-2-8-19-17)16(20-21)14-4-3-9-22(12-14)18(23)13-6-10-24-11-7-13/h2,5,8,13-14H,3-4,6-7,9-12H2,1H3. The molecule has 6 heteroatoms. The number of ether oxygens (including phenoxy) is 1. The molecule has 0 N–H and O–H groups in total. The molecule has 2 aromatic rings. The fourth-order valence-electron chi connectivity index (χ4n) is 4.02. The van der Waals surface area contributed by atoms with Gasteiger partial charge in [0.1, 0.15) is 0 Å². The minimum Gasteiger partial charge on any atom is -0.381 e. The summed E-state index contributed by atoms with van der Waals surface area (Å²) >= 11 is 0. The number of fused-ring (bicyclic) bond motifs is 1. The van der Waals surface area contributed by atoms with Gasteiger partial charge in [0, 0.05) is 56.8 Å². The summed E-state index contributed by atoms with van der Waals surface area (Å²) in [4.78, 5) is 19.3. The van der Waals surface area contributed by atoms with E-state index in [-0.39, 0.29) is 5.92 Å². The second-order valence-electron chi connectivity index (χ2n) is 6.89. The Morgan fingerprint density at radius 2 is 2.12 bits per heavy atom. The lowest BCUT2D eigenvalue weighted by Gasteiger charge is -2.35. The Morgan fingerprint density at radius 3 is 2.96 bits per heavy atom. The van der Waals surface area contributed by atoms with Crippen molar-refractivity contribution in [3.63, 3.8) is 0 Å². The van der Waals surface area contributed by atoms with Crippen molar-refractivity contribution in [1.82, 2.24) is 19.7 Å². The van der Waals surface area contributed by atoms with Crippen LogP contribution in [-0.4, -0.2) is 51.9 Å². The molecule has 1 atom stereocenters. The molecule has 4 heterocycles. The Labute approximate surface area is 141 Å². The first-order chi connectivity index (χ1) is 11.7. The number of aryl methyl sites for hydroxylation is 1. The highest BCUT2D eigenvalue weighted by Crippen LogP contribution is 2.32. The van der Waals surface area contributed by atoms with E-state index in [4.69, 9.17) is 9.84 Å². The number of likely N-dealkylation sites (tertiary alicyclic amines) is 1. The third kappa shape index (κ3) is 2.79. The molecule has 0 spiro atoms. The molecule has 128 valence electrons. The third-order valence-electron chi connectivity index (χ3n) is 5.32. The summed E-state index contributed by atoms with van der Waals surface area (Å²) in [6, 6.07) is 4.05. The first-order valence-electron chi connectivity index (χ1n) is 8.88. The van der Waals surface area contributed by atoms with Crippen molar-refractivity contribution in [3.05, 3.63) is 24.0 Å². The Hall–Kier alpha value is -1.95. The highest BCUT2D eigenvalue weighted by Gasteiger charge is 2.32. The number of hydrogen-bond donors (Lipinski definition) is 0. The average molecular weight is 328 g/mol. The van der Waals surface area contributed by atoms with Crippen molar-refractivity contribution in [3.8, 4) is 0 Å². The maximum Gasteiger partial charge on any atom is 0.225 e. The zero-order chi connectivity index (χ0) is 16.5. The number of piperidine rings is 1. The smallest absolute Gasteiger partial charge is 0.225 e. The van der Waals surface area contributed by atoms with Crippen LogP contribution in [0.3, 0.4) is 0 Å². The van der Waals surface area contributed by atoms with Crippen LogP contribution in [0.1, 0.15) is 37.3 Å². The normalized spacial score (nSPS) is 22.9. The summed E-state index contributed by atoms with van der Waals surface area (Å²) in [6.07, 6.45) is 5.64. The van der Waals surface area contributed by atoms with Crippen LogP contribution in [0.15, 0.2) is 18.3 Å². The summed E-state index contributed by atoms with van der Waals surface area (Å²) in [5, 5.41) is 5.83. The SMILES string of the molecule is Cn1nc(C2CCCN(C(=O)C3CCOCC3)C2)c2cccnc21. The summed E-state index contributed by atoms with van der Waals surface area (Å²) in [5.41, 5.74) is 2.01. The number of carbonyl (C=O) groups excluding carboxylic acids is 1. The van der Waals surface area contributed by atoms with E-state index in [1.807, 2.05) is 17.8 Å². The minimum atomic E-state index is 0.139. The van der Waals surface area contributed by atoms with Crippen LogP contribution in [0.2, 0.25) is 0 Å². The van der Waals surface area contributed by atoms with Crippen LogP contribution < -0.4 is 0 Å². The van der Waals surface area contributed by atoms with Crippen molar-refractivity contribution in [2.24, 2.45) is 13.0 Å². The first kappa shape index (κ1) is 15.6. The maximum absolute atomic E-state index is 12.8. The molecule has 2 fully saturated rings. The van der Waals surface area contributed by atoms with Crippen LogP contribution in [0.4, 0.5) is 0 Å². The number of aromatic nitrogens is 3. The number of amides is 1. The van der Waals surface area contributed by atoms with Gasteiger partial charge in [-0.2, -0.15) is 5.10 Å². The maximum atomic E-state index is 12.8. The molecule has 6 nitrogen and oxygen atoms in total. The highest BCUT2D eigenvalue weighted by atomic mass is 16.5. The van der Waals surface area contributed by atoms with E-state index in [2.05, 4.69) is 16.0 Å². The molecular formula is C18H24N4O2. The number of nitrogens with zero attached hydrogens (tertiary/aromatic N) is 4. The fraction of sp³-hybridized carbons (Fsp3) is 0.611. The van der Waals surface area contributed by atoms with Crippen LogP contribution in [-0.2, 0) is 16.6 Å². The molecule has 4 rings (SSSR count). The van der Waals surface area contributed by atoms with Gasteiger partial charge in [0.05, 0.1) is 5.69 Å². The van der Waals surface area contributed by atoms with Crippen molar-refractivity contribution >= 4 is 16.9 Å². The minimum absolute atomic E-state index is 0.139. The lowest BCUT2D eigenvalue weighted by atomic mass is 9.91. The second-order valence-corrected chi connectivity index (χ2v) is 6.89. The van der Waals surface area contributed by atoms with E-state index in [0.717, 1.165) is 55.5 Å². The average Bonchev–Trinajstić information content (AvgIpc) is 2.99. The van der Waals surface area contributed by atoms with Crippen LogP contribution in [0.25, 0.3) is 11.0 Å². The van der Waals surface area contributed by atoms with Crippen LogP contribution >= 0.6 is 0 Å². The van der Waals surface area contributed by atoms with E-state index in [9.17, 15) is 4.79 Å². The van der Waals surface area contributed by atoms with Gasteiger partial charge in [-0.3, -0.25) is 9.48 Å². The molecule has 0 bridgehead atoms. The topological polar surface area (TPSA) is 60.2 Å². The van der Waals surface area contributed by atoms with Gasteiger partial charge in [-0.15, -0.1) is 0 Å². The Balaban J connectivity index is 1.55. The van der Waals surface area contributed by atoms with Gasteiger partial charge in [-0.05, 0) is 37.8 Å². The molecule has 1 amide bonds.